The number of aliphatic hydroxyl groups excluding tert-OH is 1. The SMILES string of the molecule is Cc1nc(N2CCC(CC3CCN(C=O)CC3)CC2)ccc1C(=O)N(C)C.Clc1ccccc1.F.OC(F)F. The standard InChI is InChI=1S/C21H32N4O2.C6H5Cl.CH2F2O.FH/c1-16-19(21(27)23(2)3)4-5-20(22-16)25-12-8-18(9-13-25)14-17-6-10-24(15-26)11-7-17;7-6-4-2-1-3-5-6;2-1(3)4;/h4-5,15,17-18H,6-14H2,1-3H3;1-5H;1,4H;1H. The maximum absolute atomic E-state index is 12.2. The minimum absolute atomic E-state index is 0. The van der Waals surface area contributed by atoms with Crippen LogP contribution in [0.2, 0.25) is 5.02 Å². The summed E-state index contributed by atoms with van der Waals surface area (Å²) in [4.78, 5) is 33.6. The number of carbonyl (C=O) groups is 2. The first-order valence-electron chi connectivity index (χ1n) is 12.9. The minimum atomic E-state index is -3.17. The van der Waals surface area contributed by atoms with E-state index in [1.54, 1.807) is 19.0 Å². The number of hydrogen-bond acceptors (Lipinski definition) is 5. The lowest BCUT2D eigenvalue weighted by Crippen LogP contribution is -2.37. The molecule has 39 heavy (non-hydrogen) atoms. The summed E-state index contributed by atoms with van der Waals surface area (Å²) in [5, 5.41) is 7.52. The van der Waals surface area contributed by atoms with Crippen molar-refractivity contribution in [2.24, 2.45) is 11.8 Å². The fraction of sp³-hybridized carbons (Fsp3) is 0.536. The number of aromatic nitrogens is 1. The fourth-order valence-corrected chi connectivity index (χ4v) is 4.91. The molecule has 2 fully saturated rings. The Bertz CT molecular complexity index is 983. The molecule has 0 radical (unpaired) electrons. The number of benzene rings is 1. The summed E-state index contributed by atoms with van der Waals surface area (Å²) in [5.74, 6) is 2.55. The van der Waals surface area contributed by atoms with Crippen molar-refractivity contribution in [2.75, 3.05) is 45.2 Å². The number of piperidine rings is 2. The third-order valence-corrected chi connectivity index (χ3v) is 7.10. The topological polar surface area (TPSA) is 77.0 Å². The molecule has 1 N–H and O–H groups in total. The Morgan fingerprint density at radius 1 is 1.05 bits per heavy atom. The van der Waals surface area contributed by atoms with Crippen molar-refractivity contribution in [1.82, 2.24) is 14.8 Å². The molecule has 2 saturated heterocycles. The number of halogens is 4. The lowest BCUT2D eigenvalue weighted by atomic mass is 9.83. The highest BCUT2D eigenvalue weighted by molar-refractivity contribution is 6.30. The molecular formula is C28H40ClF3N4O3. The molecule has 0 bridgehead atoms. The summed E-state index contributed by atoms with van der Waals surface area (Å²) in [6.07, 6.45) is 6.99. The van der Waals surface area contributed by atoms with Crippen molar-refractivity contribution in [3.8, 4) is 0 Å². The third kappa shape index (κ3) is 12.3. The first kappa shape index (κ1) is 34.2. The number of anilines is 1. The summed E-state index contributed by atoms with van der Waals surface area (Å²) in [6, 6.07) is 13.3. The average molecular weight is 573 g/mol. The van der Waals surface area contributed by atoms with Crippen LogP contribution >= 0.6 is 11.6 Å². The Morgan fingerprint density at radius 2 is 1.56 bits per heavy atom. The van der Waals surface area contributed by atoms with Crippen LogP contribution in [0.3, 0.4) is 0 Å². The van der Waals surface area contributed by atoms with Gasteiger partial charge in [-0.2, -0.15) is 8.78 Å². The Labute approximate surface area is 234 Å². The number of aryl methyl sites for hydroxylation is 1. The average Bonchev–Trinajstić information content (AvgIpc) is 2.89. The maximum Gasteiger partial charge on any atom is 0.342 e. The van der Waals surface area contributed by atoms with Gasteiger partial charge in [0.25, 0.3) is 5.91 Å². The molecule has 0 aliphatic carbocycles. The van der Waals surface area contributed by atoms with Crippen molar-refractivity contribution < 1.29 is 28.2 Å². The number of nitrogens with zero attached hydrogens (tertiary/aromatic N) is 4. The van der Waals surface area contributed by atoms with Crippen molar-refractivity contribution in [3.63, 3.8) is 0 Å². The van der Waals surface area contributed by atoms with E-state index < -0.39 is 6.61 Å². The molecule has 0 spiro atoms. The highest BCUT2D eigenvalue weighted by Crippen LogP contribution is 2.31. The zero-order valence-electron chi connectivity index (χ0n) is 22.8. The molecule has 2 aliphatic heterocycles. The largest absolute Gasteiger partial charge is 0.357 e. The second kappa shape index (κ2) is 17.7. The van der Waals surface area contributed by atoms with E-state index >= 15 is 0 Å². The Hall–Kier alpha value is -2.85. The first-order chi connectivity index (χ1) is 18.1. The van der Waals surface area contributed by atoms with Crippen LogP contribution in [0.1, 0.15) is 48.2 Å². The normalized spacial score (nSPS) is 15.8. The zero-order valence-corrected chi connectivity index (χ0v) is 23.6. The Kier molecular flexibility index (Phi) is 15.5. The molecule has 1 aromatic carbocycles. The summed E-state index contributed by atoms with van der Waals surface area (Å²) < 4.78 is 19.8. The van der Waals surface area contributed by atoms with Gasteiger partial charge in [-0.1, -0.05) is 29.8 Å². The third-order valence-electron chi connectivity index (χ3n) is 6.84. The van der Waals surface area contributed by atoms with Crippen molar-refractivity contribution in [1.29, 1.82) is 0 Å². The van der Waals surface area contributed by atoms with Crippen LogP contribution in [0.5, 0.6) is 0 Å². The van der Waals surface area contributed by atoms with E-state index in [4.69, 9.17) is 21.7 Å². The number of hydrogen-bond donors (Lipinski definition) is 1. The van der Waals surface area contributed by atoms with E-state index in [2.05, 4.69) is 4.90 Å². The summed E-state index contributed by atoms with van der Waals surface area (Å²) in [7, 11) is 3.53. The number of aliphatic hydroxyl groups is 1. The van der Waals surface area contributed by atoms with Crippen LogP contribution < -0.4 is 4.90 Å². The zero-order chi connectivity index (χ0) is 28.1. The number of pyridine rings is 1. The van der Waals surface area contributed by atoms with E-state index in [1.165, 1.54) is 19.3 Å². The predicted octanol–water partition coefficient (Wildman–Crippen LogP) is 5.26. The van der Waals surface area contributed by atoms with Gasteiger partial charge in [0.1, 0.15) is 5.82 Å². The number of rotatable bonds is 5. The Morgan fingerprint density at radius 3 is 1.97 bits per heavy atom. The van der Waals surface area contributed by atoms with Crippen LogP contribution in [-0.2, 0) is 4.79 Å². The second-order valence-electron chi connectivity index (χ2n) is 9.83. The van der Waals surface area contributed by atoms with Gasteiger partial charge >= 0.3 is 6.61 Å². The molecule has 0 unspecified atom stereocenters. The molecule has 3 heterocycles. The lowest BCUT2D eigenvalue weighted by molar-refractivity contribution is -0.119. The molecule has 11 heteroatoms. The van der Waals surface area contributed by atoms with Gasteiger partial charge in [-0.05, 0) is 75.1 Å². The molecule has 2 amide bonds. The number of amides is 2. The summed E-state index contributed by atoms with van der Waals surface area (Å²) >= 11 is 5.54. The number of carbonyl (C=O) groups excluding carboxylic acids is 2. The minimum Gasteiger partial charge on any atom is -0.357 e. The lowest BCUT2D eigenvalue weighted by Gasteiger charge is -2.36. The van der Waals surface area contributed by atoms with Gasteiger partial charge in [0.2, 0.25) is 6.41 Å². The molecule has 1 aromatic heterocycles. The van der Waals surface area contributed by atoms with E-state index in [0.29, 0.717) is 5.56 Å². The maximum atomic E-state index is 12.2. The van der Waals surface area contributed by atoms with Gasteiger partial charge in [-0.25, -0.2) is 4.98 Å². The van der Waals surface area contributed by atoms with Crippen LogP contribution in [0, 0.1) is 18.8 Å². The first-order valence-corrected chi connectivity index (χ1v) is 13.3. The van der Waals surface area contributed by atoms with Gasteiger partial charge < -0.3 is 19.8 Å². The second-order valence-corrected chi connectivity index (χ2v) is 10.3. The fourth-order valence-electron chi connectivity index (χ4n) is 4.77. The van der Waals surface area contributed by atoms with Gasteiger partial charge in [0.05, 0.1) is 11.3 Å². The molecule has 2 aromatic rings. The van der Waals surface area contributed by atoms with Crippen LogP contribution in [0.4, 0.5) is 19.3 Å². The molecule has 0 saturated carbocycles. The predicted molar refractivity (Wildman–Crippen MR) is 149 cm³/mol. The Balaban J connectivity index is 0.000000531. The van der Waals surface area contributed by atoms with Crippen molar-refractivity contribution in [3.05, 3.63) is 58.7 Å². The van der Waals surface area contributed by atoms with Crippen LogP contribution in [0.25, 0.3) is 0 Å². The molecule has 4 rings (SSSR count). The van der Waals surface area contributed by atoms with E-state index in [1.807, 2.05) is 54.3 Å². The van der Waals surface area contributed by atoms with Crippen LogP contribution in [0.15, 0.2) is 42.5 Å². The van der Waals surface area contributed by atoms with Gasteiger partial charge in [0.15, 0.2) is 0 Å². The molecule has 2 aliphatic rings. The monoisotopic (exact) mass is 572 g/mol. The van der Waals surface area contributed by atoms with E-state index in [9.17, 15) is 18.4 Å². The quantitative estimate of drug-likeness (QED) is 0.495. The summed E-state index contributed by atoms with van der Waals surface area (Å²) in [6.45, 7) is 2.66. The van der Waals surface area contributed by atoms with Crippen molar-refractivity contribution in [2.45, 2.75) is 45.6 Å². The number of alkyl halides is 2. The molecule has 218 valence electrons. The molecular weight excluding hydrogens is 533 g/mol. The summed E-state index contributed by atoms with van der Waals surface area (Å²) in [5.41, 5.74) is 1.48. The van der Waals surface area contributed by atoms with Gasteiger partial charge in [-0.15, -0.1) is 0 Å². The van der Waals surface area contributed by atoms with E-state index in [0.717, 1.165) is 73.8 Å². The van der Waals surface area contributed by atoms with Gasteiger partial charge in [0, 0.05) is 45.3 Å². The van der Waals surface area contributed by atoms with Gasteiger partial charge in [-0.3, -0.25) is 14.3 Å². The highest BCUT2D eigenvalue weighted by atomic mass is 35.5. The highest BCUT2D eigenvalue weighted by Gasteiger charge is 2.26. The molecule has 0 atom stereocenters. The number of likely N-dealkylation sites (tertiary alicyclic amines) is 1. The van der Waals surface area contributed by atoms with E-state index in [-0.39, 0.29) is 10.6 Å². The van der Waals surface area contributed by atoms with Crippen molar-refractivity contribution >= 4 is 29.7 Å². The van der Waals surface area contributed by atoms with Crippen LogP contribution in [-0.4, -0.2) is 79.1 Å². The molecule has 7 nitrogen and oxygen atoms in total. The smallest absolute Gasteiger partial charge is 0.342 e.